The zero-order valence-corrected chi connectivity index (χ0v) is 9.67. The number of fused-ring (bicyclic) bond motifs is 1. The van der Waals surface area contributed by atoms with Gasteiger partial charge in [0.2, 0.25) is 0 Å². The first-order chi connectivity index (χ1) is 8.34. The minimum Gasteiger partial charge on any atom is -0.317 e. The van der Waals surface area contributed by atoms with Gasteiger partial charge in [0, 0.05) is 12.7 Å². The second-order valence-electron chi connectivity index (χ2n) is 4.59. The third kappa shape index (κ3) is 1.98. The second-order valence-corrected chi connectivity index (χ2v) is 4.59. The maximum atomic E-state index is 12.0. The van der Waals surface area contributed by atoms with Crippen LogP contribution < -0.4 is 11.0 Å². The maximum Gasteiger partial charge on any atom is 0.350 e. The fraction of sp³-hybridized carbons (Fsp3) is 0.500. The Kier molecular flexibility index (Phi) is 2.68. The van der Waals surface area contributed by atoms with Gasteiger partial charge in [0.05, 0.1) is 0 Å². The van der Waals surface area contributed by atoms with Gasteiger partial charge in [-0.3, -0.25) is 4.40 Å². The Bertz CT molecular complexity index is 565. The average molecular weight is 232 g/mol. The molecule has 3 rings (SSSR count). The van der Waals surface area contributed by atoms with Crippen LogP contribution in [0.25, 0.3) is 5.65 Å². The summed E-state index contributed by atoms with van der Waals surface area (Å²) >= 11 is 0. The van der Waals surface area contributed by atoms with Crippen LogP contribution in [0.4, 0.5) is 0 Å². The zero-order chi connectivity index (χ0) is 11.7. The van der Waals surface area contributed by atoms with Crippen LogP contribution in [0.3, 0.4) is 0 Å². The van der Waals surface area contributed by atoms with Gasteiger partial charge in [0.25, 0.3) is 0 Å². The molecule has 1 aliphatic rings. The van der Waals surface area contributed by atoms with Crippen molar-refractivity contribution in [3.63, 3.8) is 0 Å². The van der Waals surface area contributed by atoms with Crippen molar-refractivity contribution in [2.75, 3.05) is 13.1 Å². The summed E-state index contributed by atoms with van der Waals surface area (Å²) in [4.78, 5) is 12.0. The highest BCUT2D eigenvalue weighted by molar-refractivity contribution is 5.35. The van der Waals surface area contributed by atoms with E-state index in [4.69, 9.17) is 0 Å². The van der Waals surface area contributed by atoms with Crippen molar-refractivity contribution in [3.05, 3.63) is 34.9 Å². The Morgan fingerprint density at radius 3 is 2.94 bits per heavy atom. The first-order valence-electron chi connectivity index (χ1n) is 6.09. The highest BCUT2D eigenvalue weighted by Crippen LogP contribution is 2.12. The first kappa shape index (κ1) is 10.5. The number of hydrogen-bond donors (Lipinski definition) is 1. The fourth-order valence-electron chi connectivity index (χ4n) is 2.40. The SMILES string of the molecule is O=c1n(CC2CCNCC2)nc2ccccn12. The van der Waals surface area contributed by atoms with Gasteiger partial charge in [-0.2, -0.15) is 0 Å². The number of piperidine rings is 1. The lowest BCUT2D eigenvalue weighted by atomic mass is 9.98. The molecule has 0 amide bonds. The summed E-state index contributed by atoms with van der Waals surface area (Å²) in [6, 6.07) is 5.61. The molecule has 0 aliphatic carbocycles. The largest absolute Gasteiger partial charge is 0.350 e. The summed E-state index contributed by atoms with van der Waals surface area (Å²) in [6.07, 6.45) is 4.02. The maximum absolute atomic E-state index is 12.0. The molecule has 0 bridgehead atoms. The van der Waals surface area contributed by atoms with Crippen LogP contribution in [0.2, 0.25) is 0 Å². The van der Waals surface area contributed by atoms with Crippen molar-refractivity contribution in [2.45, 2.75) is 19.4 Å². The highest BCUT2D eigenvalue weighted by atomic mass is 16.2. The average Bonchev–Trinajstić information content (AvgIpc) is 2.68. The van der Waals surface area contributed by atoms with E-state index in [2.05, 4.69) is 10.4 Å². The third-order valence-electron chi connectivity index (χ3n) is 3.38. The van der Waals surface area contributed by atoms with Crippen LogP contribution in [-0.4, -0.2) is 27.3 Å². The summed E-state index contributed by atoms with van der Waals surface area (Å²) in [6.45, 7) is 2.84. The zero-order valence-electron chi connectivity index (χ0n) is 9.67. The van der Waals surface area contributed by atoms with Crippen LogP contribution in [0.15, 0.2) is 29.2 Å². The van der Waals surface area contributed by atoms with Crippen molar-refractivity contribution >= 4 is 5.65 Å². The molecule has 1 fully saturated rings. The molecular weight excluding hydrogens is 216 g/mol. The topological polar surface area (TPSA) is 51.3 Å². The molecule has 17 heavy (non-hydrogen) atoms. The summed E-state index contributed by atoms with van der Waals surface area (Å²) < 4.78 is 3.20. The van der Waals surface area contributed by atoms with Crippen LogP contribution in [0, 0.1) is 5.92 Å². The molecule has 2 aromatic rings. The quantitative estimate of drug-likeness (QED) is 0.820. The lowest BCUT2D eigenvalue weighted by molar-refractivity contribution is 0.317. The van der Waals surface area contributed by atoms with E-state index < -0.39 is 0 Å². The smallest absolute Gasteiger partial charge is 0.317 e. The molecule has 0 aromatic carbocycles. The lowest BCUT2D eigenvalue weighted by Gasteiger charge is -2.21. The molecule has 3 heterocycles. The molecule has 0 unspecified atom stereocenters. The normalized spacial score (nSPS) is 17.6. The molecule has 2 aromatic heterocycles. The lowest BCUT2D eigenvalue weighted by Crippen LogP contribution is -2.32. The highest BCUT2D eigenvalue weighted by Gasteiger charge is 2.16. The number of rotatable bonds is 2. The number of hydrogen-bond acceptors (Lipinski definition) is 3. The molecule has 90 valence electrons. The van der Waals surface area contributed by atoms with Gasteiger partial charge in [-0.05, 0) is 44.0 Å². The molecule has 5 heteroatoms. The molecule has 1 N–H and O–H groups in total. The second kappa shape index (κ2) is 4.33. The van der Waals surface area contributed by atoms with Crippen molar-refractivity contribution in [1.82, 2.24) is 19.5 Å². The number of aromatic nitrogens is 3. The Hall–Kier alpha value is -1.62. The van der Waals surface area contributed by atoms with Gasteiger partial charge < -0.3 is 5.32 Å². The minimum absolute atomic E-state index is 0.0286. The van der Waals surface area contributed by atoms with Crippen LogP contribution >= 0.6 is 0 Å². The van der Waals surface area contributed by atoms with Crippen LogP contribution in [0.5, 0.6) is 0 Å². The van der Waals surface area contributed by atoms with E-state index in [-0.39, 0.29) is 5.69 Å². The van der Waals surface area contributed by atoms with Gasteiger partial charge in [0.1, 0.15) is 0 Å². The Labute approximate surface area is 99.1 Å². The van der Waals surface area contributed by atoms with Gasteiger partial charge >= 0.3 is 5.69 Å². The van der Waals surface area contributed by atoms with Crippen molar-refractivity contribution in [3.8, 4) is 0 Å². The number of nitrogens with zero attached hydrogens (tertiary/aromatic N) is 3. The van der Waals surface area contributed by atoms with E-state index >= 15 is 0 Å². The number of nitrogens with one attached hydrogen (secondary N) is 1. The van der Waals surface area contributed by atoms with E-state index in [1.807, 2.05) is 18.2 Å². The summed E-state index contributed by atoms with van der Waals surface area (Å²) in [5, 5.41) is 7.68. The van der Waals surface area contributed by atoms with Gasteiger partial charge in [0.15, 0.2) is 5.65 Å². The Balaban J connectivity index is 1.89. The van der Waals surface area contributed by atoms with E-state index in [1.54, 1.807) is 15.3 Å². The van der Waals surface area contributed by atoms with Crippen LogP contribution in [0.1, 0.15) is 12.8 Å². The summed E-state index contributed by atoms with van der Waals surface area (Å²) in [5.74, 6) is 0.568. The third-order valence-corrected chi connectivity index (χ3v) is 3.38. The molecule has 1 aliphatic heterocycles. The predicted molar refractivity (Wildman–Crippen MR) is 65.0 cm³/mol. The van der Waals surface area contributed by atoms with Crippen molar-refractivity contribution in [1.29, 1.82) is 0 Å². The predicted octanol–water partition coefficient (Wildman–Crippen LogP) is 0.496. The monoisotopic (exact) mass is 232 g/mol. The molecular formula is C12H16N4O. The van der Waals surface area contributed by atoms with Gasteiger partial charge in [-0.25, -0.2) is 9.48 Å². The minimum atomic E-state index is -0.0286. The van der Waals surface area contributed by atoms with Crippen LogP contribution in [-0.2, 0) is 6.54 Å². The van der Waals surface area contributed by atoms with E-state index in [0.717, 1.165) is 38.1 Å². The summed E-state index contributed by atoms with van der Waals surface area (Å²) in [5.41, 5.74) is 0.700. The molecule has 0 spiro atoms. The molecule has 0 radical (unpaired) electrons. The van der Waals surface area contributed by atoms with E-state index in [9.17, 15) is 4.79 Å². The first-order valence-corrected chi connectivity index (χ1v) is 6.09. The summed E-state index contributed by atoms with van der Waals surface area (Å²) in [7, 11) is 0. The molecule has 1 saturated heterocycles. The van der Waals surface area contributed by atoms with Gasteiger partial charge in [-0.15, -0.1) is 5.10 Å². The Morgan fingerprint density at radius 2 is 2.18 bits per heavy atom. The molecule has 5 nitrogen and oxygen atoms in total. The van der Waals surface area contributed by atoms with Crippen molar-refractivity contribution in [2.24, 2.45) is 5.92 Å². The van der Waals surface area contributed by atoms with Crippen molar-refractivity contribution < 1.29 is 0 Å². The number of pyridine rings is 1. The Morgan fingerprint density at radius 1 is 1.35 bits per heavy atom. The van der Waals surface area contributed by atoms with Gasteiger partial charge in [-0.1, -0.05) is 6.07 Å². The fourth-order valence-corrected chi connectivity index (χ4v) is 2.40. The van der Waals surface area contributed by atoms with E-state index in [1.165, 1.54) is 0 Å². The molecule has 0 atom stereocenters. The molecule has 0 saturated carbocycles. The standard InChI is InChI=1S/C12H16N4O/c17-12-15-8-2-1-3-11(15)14-16(12)9-10-4-6-13-7-5-10/h1-3,8,10,13H,4-7,9H2. The van der Waals surface area contributed by atoms with E-state index in [0.29, 0.717) is 5.92 Å².